The summed E-state index contributed by atoms with van der Waals surface area (Å²) >= 11 is 0. The Morgan fingerprint density at radius 3 is 2.62 bits per heavy atom. The van der Waals surface area contributed by atoms with E-state index >= 15 is 0 Å². The second-order valence-electron chi connectivity index (χ2n) is 3.97. The summed E-state index contributed by atoms with van der Waals surface area (Å²) in [6.45, 7) is 4.93. The SMILES string of the molecule is Cc1ccc(C2(C)CCN2)cc1F. The number of hydrogen-bond donors (Lipinski definition) is 1. The van der Waals surface area contributed by atoms with Crippen molar-refractivity contribution in [3.05, 3.63) is 35.1 Å². The molecule has 0 radical (unpaired) electrons. The number of aryl methyl sites for hydroxylation is 1. The molecule has 1 N–H and O–H groups in total. The van der Waals surface area contributed by atoms with E-state index in [1.165, 1.54) is 0 Å². The Bertz CT molecular complexity index is 329. The molecule has 1 heterocycles. The van der Waals surface area contributed by atoms with Crippen LogP contribution < -0.4 is 5.32 Å². The summed E-state index contributed by atoms with van der Waals surface area (Å²) in [5, 5.41) is 3.32. The molecule has 0 spiro atoms. The molecular weight excluding hydrogens is 165 g/mol. The highest BCUT2D eigenvalue weighted by Crippen LogP contribution is 2.31. The monoisotopic (exact) mass is 179 g/mol. The van der Waals surface area contributed by atoms with Gasteiger partial charge in [-0.25, -0.2) is 4.39 Å². The lowest BCUT2D eigenvalue weighted by Crippen LogP contribution is -2.51. The summed E-state index contributed by atoms with van der Waals surface area (Å²) in [7, 11) is 0. The van der Waals surface area contributed by atoms with Gasteiger partial charge in [-0.05, 0) is 44.0 Å². The first-order chi connectivity index (χ1) is 6.12. The van der Waals surface area contributed by atoms with Crippen LogP contribution in [0.5, 0.6) is 0 Å². The zero-order valence-corrected chi connectivity index (χ0v) is 8.02. The van der Waals surface area contributed by atoms with Crippen LogP contribution >= 0.6 is 0 Å². The fraction of sp³-hybridized carbons (Fsp3) is 0.455. The third-order valence-corrected chi connectivity index (χ3v) is 2.95. The van der Waals surface area contributed by atoms with E-state index in [0.29, 0.717) is 5.56 Å². The number of halogens is 1. The van der Waals surface area contributed by atoms with Crippen molar-refractivity contribution in [1.29, 1.82) is 0 Å². The van der Waals surface area contributed by atoms with Crippen LogP contribution in [0.15, 0.2) is 18.2 Å². The minimum atomic E-state index is -0.104. The smallest absolute Gasteiger partial charge is 0.126 e. The Balaban J connectivity index is 2.36. The normalized spacial score (nSPS) is 27.0. The highest BCUT2D eigenvalue weighted by molar-refractivity contribution is 5.30. The van der Waals surface area contributed by atoms with Gasteiger partial charge in [-0.1, -0.05) is 12.1 Å². The van der Waals surface area contributed by atoms with Gasteiger partial charge in [0.15, 0.2) is 0 Å². The lowest BCUT2D eigenvalue weighted by Gasteiger charge is -2.40. The van der Waals surface area contributed by atoms with Crippen LogP contribution in [-0.4, -0.2) is 6.54 Å². The summed E-state index contributed by atoms with van der Waals surface area (Å²) in [6.07, 6.45) is 1.09. The van der Waals surface area contributed by atoms with Crippen molar-refractivity contribution in [1.82, 2.24) is 5.32 Å². The van der Waals surface area contributed by atoms with E-state index in [2.05, 4.69) is 12.2 Å². The third kappa shape index (κ3) is 1.35. The predicted molar refractivity (Wildman–Crippen MR) is 51.1 cm³/mol. The summed E-state index contributed by atoms with van der Waals surface area (Å²) in [5.41, 5.74) is 1.78. The number of nitrogens with one attached hydrogen (secondary N) is 1. The topological polar surface area (TPSA) is 12.0 Å². The van der Waals surface area contributed by atoms with Gasteiger partial charge in [0.2, 0.25) is 0 Å². The average molecular weight is 179 g/mol. The van der Waals surface area contributed by atoms with E-state index in [4.69, 9.17) is 0 Å². The van der Waals surface area contributed by atoms with Crippen LogP contribution in [-0.2, 0) is 5.54 Å². The molecular formula is C11H14FN. The lowest BCUT2D eigenvalue weighted by molar-refractivity contribution is 0.236. The maximum atomic E-state index is 13.2. The van der Waals surface area contributed by atoms with Gasteiger partial charge in [0, 0.05) is 5.54 Å². The van der Waals surface area contributed by atoms with Crippen molar-refractivity contribution in [2.75, 3.05) is 6.54 Å². The Labute approximate surface area is 78.0 Å². The van der Waals surface area contributed by atoms with Crippen molar-refractivity contribution >= 4 is 0 Å². The van der Waals surface area contributed by atoms with Gasteiger partial charge in [0.1, 0.15) is 5.82 Å². The number of rotatable bonds is 1. The Kier molecular flexibility index (Phi) is 1.88. The zero-order valence-electron chi connectivity index (χ0n) is 8.02. The van der Waals surface area contributed by atoms with E-state index in [9.17, 15) is 4.39 Å². The summed E-state index contributed by atoms with van der Waals surface area (Å²) < 4.78 is 13.2. The van der Waals surface area contributed by atoms with E-state index in [0.717, 1.165) is 18.5 Å². The molecule has 1 nitrogen and oxygen atoms in total. The quantitative estimate of drug-likeness (QED) is 0.697. The maximum absolute atomic E-state index is 13.2. The molecule has 1 aromatic carbocycles. The van der Waals surface area contributed by atoms with Crippen LogP contribution in [0.4, 0.5) is 4.39 Å². The van der Waals surface area contributed by atoms with Crippen LogP contribution in [0.2, 0.25) is 0 Å². The highest BCUT2D eigenvalue weighted by Gasteiger charge is 2.32. The Morgan fingerprint density at radius 1 is 1.46 bits per heavy atom. The average Bonchev–Trinajstić information content (AvgIpc) is 2.06. The molecule has 0 aliphatic carbocycles. The van der Waals surface area contributed by atoms with E-state index < -0.39 is 0 Å². The molecule has 1 aliphatic rings. The fourth-order valence-corrected chi connectivity index (χ4v) is 1.68. The largest absolute Gasteiger partial charge is 0.307 e. The van der Waals surface area contributed by atoms with E-state index in [1.54, 1.807) is 13.0 Å². The molecule has 1 saturated heterocycles. The van der Waals surface area contributed by atoms with Gasteiger partial charge in [-0.2, -0.15) is 0 Å². The van der Waals surface area contributed by atoms with Gasteiger partial charge in [0.25, 0.3) is 0 Å². The lowest BCUT2D eigenvalue weighted by atomic mass is 9.82. The van der Waals surface area contributed by atoms with Gasteiger partial charge in [-0.15, -0.1) is 0 Å². The second-order valence-corrected chi connectivity index (χ2v) is 3.97. The third-order valence-electron chi connectivity index (χ3n) is 2.95. The Morgan fingerprint density at radius 2 is 2.15 bits per heavy atom. The minimum absolute atomic E-state index is 0.00847. The standard InChI is InChI=1S/C11H14FN/c1-8-3-4-9(7-10(8)12)11(2)5-6-13-11/h3-4,7,13H,5-6H2,1-2H3. The summed E-state index contributed by atoms with van der Waals surface area (Å²) in [4.78, 5) is 0. The zero-order chi connectivity index (χ0) is 9.47. The molecule has 1 aromatic rings. The fourth-order valence-electron chi connectivity index (χ4n) is 1.68. The summed E-state index contributed by atoms with van der Waals surface area (Å²) in [6, 6.07) is 5.49. The van der Waals surface area contributed by atoms with Crippen molar-refractivity contribution in [2.45, 2.75) is 25.8 Å². The second kappa shape index (κ2) is 2.81. The van der Waals surface area contributed by atoms with Crippen LogP contribution in [0.1, 0.15) is 24.5 Å². The number of hydrogen-bond acceptors (Lipinski definition) is 1. The molecule has 2 heteroatoms. The molecule has 1 atom stereocenters. The first kappa shape index (κ1) is 8.70. The van der Waals surface area contributed by atoms with Crippen molar-refractivity contribution in [3.8, 4) is 0 Å². The molecule has 0 saturated carbocycles. The van der Waals surface area contributed by atoms with E-state index in [-0.39, 0.29) is 11.4 Å². The van der Waals surface area contributed by atoms with Crippen molar-refractivity contribution in [2.24, 2.45) is 0 Å². The van der Waals surface area contributed by atoms with Crippen LogP contribution in [0.3, 0.4) is 0 Å². The number of benzene rings is 1. The predicted octanol–water partition coefficient (Wildman–Crippen LogP) is 2.34. The molecule has 2 rings (SSSR count). The van der Waals surface area contributed by atoms with Gasteiger partial charge in [-0.3, -0.25) is 0 Å². The molecule has 0 amide bonds. The maximum Gasteiger partial charge on any atom is 0.126 e. The van der Waals surface area contributed by atoms with Gasteiger partial charge in [0.05, 0.1) is 0 Å². The molecule has 70 valence electrons. The minimum Gasteiger partial charge on any atom is -0.307 e. The van der Waals surface area contributed by atoms with Crippen molar-refractivity contribution < 1.29 is 4.39 Å². The molecule has 1 fully saturated rings. The Hall–Kier alpha value is -0.890. The first-order valence-corrected chi connectivity index (χ1v) is 4.63. The molecule has 1 unspecified atom stereocenters. The van der Waals surface area contributed by atoms with Crippen LogP contribution in [0.25, 0.3) is 0 Å². The molecule has 13 heavy (non-hydrogen) atoms. The molecule has 0 aromatic heterocycles. The van der Waals surface area contributed by atoms with Crippen molar-refractivity contribution in [3.63, 3.8) is 0 Å². The summed E-state index contributed by atoms with van der Waals surface area (Å²) in [5.74, 6) is -0.104. The first-order valence-electron chi connectivity index (χ1n) is 4.63. The molecule has 0 bridgehead atoms. The van der Waals surface area contributed by atoms with Crippen LogP contribution in [0, 0.1) is 12.7 Å². The highest BCUT2D eigenvalue weighted by atomic mass is 19.1. The van der Waals surface area contributed by atoms with E-state index in [1.807, 2.05) is 12.1 Å². The van der Waals surface area contributed by atoms with Gasteiger partial charge < -0.3 is 5.32 Å². The molecule has 1 aliphatic heterocycles. The van der Waals surface area contributed by atoms with Gasteiger partial charge >= 0.3 is 0 Å².